The molecular weight excluding hydrogens is 160 g/mol. The fourth-order valence-corrected chi connectivity index (χ4v) is 0.587. The Hall–Kier alpha value is -1.76. The lowest BCUT2D eigenvalue weighted by Gasteiger charge is -2.02. The van der Waals surface area contributed by atoms with E-state index >= 15 is 0 Å². The van der Waals surface area contributed by atoms with Gasteiger partial charge in [0.25, 0.3) is 0 Å². The van der Waals surface area contributed by atoms with Crippen molar-refractivity contribution in [2.45, 2.75) is 0 Å². The average Bonchev–Trinajstić information content (AvgIpc) is 2.11. The molecule has 0 aliphatic rings. The first-order valence-electron chi connectivity index (χ1n) is 3.84. The Kier molecular flexibility index (Phi) is 5.98. The molecule has 0 fully saturated rings. The largest absolute Gasteiger partial charge is 0.459 e. The summed E-state index contributed by atoms with van der Waals surface area (Å²) in [4.78, 5) is 0. The molecule has 0 heterocycles. The molecule has 0 atom stereocenters. The highest BCUT2D eigenvalue weighted by molar-refractivity contribution is 5.19. The first-order valence-corrected chi connectivity index (χ1v) is 3.84. The Labute approximate surface area is 79.7 Å². The molecule has 0 N–H and O–H groups in total. The molecule has 68 valence electrons. The number of hydrogen-bond acceptors (Lipinski definition) is 1. The molecule has 0 bridgehead atoms. The molecule has 0 saturated carbocycles. The van der Waals surface area contributed by atoms with Gasteiger partial charge in [-0.1, -0.05) is 50.6 Å². The topological polar surface area (TPSA) is 9.23 Å². The zero-order valence-corrected chi connectivity index (χ0v) is 7.70. The van der Waals surface area contributed by atoms with E-state index in [4.69, 9.17) is 4.74 Å². The molecule has 1 nitrogen and oxygen atoms in total. The van der Waals surface area contributed by atoms with Gasteiger partial charge in [0.15, 0.2) is 0 Å². The van der Waals surface area contributed by atoms with Gasteiger partial charge in [-0.05, 0) is 12.2 Å². The lowest BCUT2D eigenvalue weighted by Crippen LogP contribution is -1.84. The lowest BCUT2D eigenvalue weighted by molar-refractivity contribution is 0.340. The monoisotopic (exact) mass is 174 g/mol. The van der Waals surface area contributed by atoms with Gasteiger partial charge >= 0.3 is 0 Å². The second-order valence-corrected chi connectivity index (χ2v) is 2.22. The van der Waals surface area contributed by atoms with E-state index in [1.165, 1.54) is 0 Å². The Balaban J connectivity index is 3.98. The number of ether oxygens (including phenoxy) is 1. The van der Waals surface area contributed by atoms with Crippen LogP contribution in [0.3, 0.4) is 0 Å². The van der Waals surface area contributed by atoms with Crippen molar-refractivity contribution in [2.24, 2.45) is 0 Å². The molecule has 0 aromatic heterocycles. The molecule has 0 radical (unpaired) electrons. The minimum atomic E-state index is 0.526. The zero-order valence-electron chi connectivity index (χ0n) is 7.70. The van der Waals surface area contributed by atoms with Gasteiger partial charge < -0.3 is 4.74 Å². The maximum atomic E-state index is 5.20. The molecule has 0 saturated heterocycles. The van der Waals surface area contributed by atoms with E-state index in [0.29, 0.717) is 11.5 Å². The van der Waals surface area contributed by atoms with E-state index in [0.717, 1.165) is 0 Å². The van der Waals surface area contributed by atoms with Crippen LogP contribution < -0.4 is 0 Å². The Morgan fingerprint density at radius 1 is 0.846 bits per heavy atom. The summed E-state index contributed by atoms with van der Waals surface area (Å²) in [6, 6.07) is 0. The molecule has 0 spiro atoms. The maximum absolute atomic E-state index is 5.20. The van der Waals surface area contributed by atoms with Crippen LogP contribution in [0.25, 0.3) is 0 Å². The molecule has 0 amide bonds. The minimum Gasteiger partial charge on any atom is -0.459 e. The molecule has 1 heteroatoms. The molecule has 0 rings (SSSR count). The van der Waals surface area contributed by atoms with Crippen LogP contribution in [0, 0.1) is 0 Å². The summed E-state index contributed by atoms with van der Waals surface area (Å²) < 4.78 is 5.20. The van der Waals surface area contributed by atoms with Crippen molar-refractivity contribution in [3.05, 3.63) is 74.3 Å². The smallest absolute Gasteiger partial charge is 0.120 e. The summed E-state index contributed by atoms with van der Waals surface area (Å²) >= 11 is 0. The third-order valence-corrected chi connectivity index (χ3v) is 1.10. The van der Waals surface area contributed by atoms with E-state index in [9.17, 15) is 0 Å². The summed E-state index contributed by atoms with van der Waals surface area (Å²) in [6.45, 7) is 14.4. The predicted octanol–water partition coefficient (Wildman–Crippen LogP) is 3.51. The summed E-state index contributed by atoms with van der Waals surface area (Å²) in [5.41, 5.74) is 0. The molecular formula is C12H14O. The van der Waals surface area contributed by atoms with Gasteiger partial charge in [-0.2, -0.15) is 0 Å². The van der Waals surface area contributed by atoms with Crippen LogP contribution in [0.15, 0.2) is 74.3 Å². The predicted molar refractivity (Wildman–Crippen MR) is 58.0 cm³/mol. The molecule has 0 aromatic rings. The van der Waals surface area contributed by atoms with Crippen molar-refractivity contribution in [1.29, 1.82) is 0 Å². The van der Waals surface area contributed by atoms with Crippen LogP contribution in [-0.4, -0.2) is 0 Å². The minimum absolute atomic E-state index is 0.526. The summed E-state index contributed by atoms with van der Waals surface area (Å²) in [6.07, 6.45) is 10.2. The van der Waals surface area contributed by atoms with Crippen molar-refractivity contribution < 1.29 is 4.74 Å². The normalized spacial score (nSPS) is 10.2. The molecule has 13 heavy (non-hydrogen) atoms. The number of allylic oxidation sites excluding steroid dienone is 6. The second-order valence-electron chi connectivity index (χ2n) is 2.22. The number of rotatable bonds is 6. The number of hydrogen-bond donors (Lipinski definition) is 0. The third-order valence-electron chi connectivity index (χ3n) is 1.10. The van der Waals surface area contributed by atoms with Crippen LogP contribution in [0.5, 0.6) is 0 Å². The van der Waals surface area contributed by atoms with E-state index in [1.54, 1.807) is 36.5 Å². The van der Waals surface area contributed by atoms with E-state index < -0.39 is 0 Å². The van der Waals surface area contributed by atoms with Gasteiger partial charge in [0, 0.05) is 0 Å². The van der Waals surface area contributed by atoms with Gasteiger partial charge in [-0.15, -0.1) is 0 Å². The van der Waals surface area contributed by atoms with Gasteiger partial charge in [0.05, 0.1) is 0 Å². The SMILES string of the molecule is C=C/C=C\C(=C)OC(=C)/C=C\C=C. The summed E-state index contributed by atoms with van der Waals surface area (Å²) in [5.74, 6) is 1.05. The molecule has 0 unspecified atom stereocenters. The van der Waals surface area contributed by atoms with Gasteiger partial charge in [0.2, 0.25) is 0 Å². The summed E-state index contributed by atoms with van der Waals surface area (Å²) in [5, 5.41) is 0. The molecule has 0 aromatic carbocycles. The van der Waals surface area contributed by atoms with E-state index in [2.05, 4.69) is 26.3 Å². The third kappa shape index (κ3) is 6.63. The Morgan fingerprint density at radius 2 is 1.23 bits per heavy atom. The first-order chi connectivity index (χ1) is 6.20. The second kappa shape index (κ2) is 6.92. The van der Waals surface area contributed by atoms with Crippen LogP contribution >= 0.6 is 0 Å². The molecule has 0 aliphatic heterocycles. The molecule has 0 aliphatic carbocycles. The van der Waals surface area contributed by atoms with E-state index in [-0.39, 0.29) is 0 Å². The highest BCUT2D eigenvalue weighted by atomic mass is 16.5. The highest BCUT2D eigenvalue weighted by Gasteiger charge is 1.89. The van der Waals surface area contributed by atoms with Gasteiger partial charge in [-0.25, -0.2) is 0 Å². The van der Waals surface area contributed by atoms with Gasteiger partial charge in [0.1, 0.15) is 11.5 Å². The van der Waals surface area contributed by atoms with Crippen LogP contribution in [0.1, 0.15) is 0 Å². The fourth-order valence-electron chi connectivity index (χ4n) is 0.587. The van der Waals surface area contributed by atoms with Crippen LogP contribution in [0.2, 0.25) is 0 Å². The van der Waals surface area contributed by atoms with Crippen molar-refractivity contribution in [3.63, 3.8) is 0 Å². The highest BCUT2D eigenvalue weighted by Crippen LogP contribution is 2.05. The standard InChI is InChI=1S/C12H14O/c1-5-7-9-11(3)13-12(4)10-8-6-2/h5-10H,1-4H2/b9-7-,10-8-. The first kappa shape index (κ1) is 11.2. The van der Waals surface area contributed by atoms with Crippen molar-refractivity contribution in [2.75, 3.05) is 0 Å². The van der Waals surface area contributed by atoms with Crippen molar-refractivity contribution in [1.82, 2.24) is 0 Å². The lowest BCUT2D eigenvalue weighted by atomic mass is 10.4. The van der Waals surface area contributed by atoms with Crippen molar-refractivity contribution >= 4 is 0 Å². The quantitative estimate of drug-likeness (QED) is 0.442. The van der Waals surface area contributed by atoms with Gasteiger partial charge in [-0.3, -0.25) is 0 Å². The van der Waals surface area contributed by atoms with Crippen LogP contribution in [-0.2, 0) is 4.74 Å². The van der Waals surface area contributed by atoms with Crippen LogP contribution in [0.4, 0.5) is 0 Å². The summed E-state index contributed by atoms with van der Waals surface area (Å²) in [7, 11) is 0. The zero-order chi connectivity index (χ0) is 10.1. The average molecular weight is 174 g/mol. The Bertz CT molecular complexity index is 239. The fraction of sp³-hybridized carbons (Fsp3) is 0. The van der Waals surface area contributed by atoms with E-state index in [1.807, 2.05) is 0 Å². The maximum Gasteiger partial charge on any atom is 0.120 e. The Morgan fingerprint density at radius 3 is 1.54 bits per heavy atom. The van der Waals surface area contributed by atoms with Crippen molar-refractivity contribution in [3.8, 4) is 0 Å².